The van der Waals surface area contributed by atoms with Crippen LogP contribution in [0.15, 0.2) is 23.1 Å². The van der Waals surface area contributed by atoms with Gasteiger partial charge in [-0.25, -0.2) is 8.42 Å². The van der Waals surface area contributed by atoms with Crippen LogP contribution in [0.4, 0.5) is 0 Å². The Morgan fingerprint density at radius 2 is 1.81 bits per heavy atom. The second kappa shape index (κ2) is 7.05. The van der Waals surface area contributed by atoms with E-state index in [9.17, 15) is 13.2 Å². The third-order valence-electron chi connectivity index (χ3n) is 5.05. The van der Waals surface area contributed by atoms with E-state index in [0.29, 0.717) is 70.4 Å². The van der Waals surface area contributed by atoms with E-state index >= 15 is 0 Å². The molecule has 0 unspecified atom stereocenters. The summed E-state index contributed by atoms with van der Waals surface area (Å²) in [5, 5.41) is 3.10. The molecule has 2 fully saturated rings. The summed E-state index contributed by atoms with van der Waals surface area (Å²) in [4.78, 5) is 14.4. The average molecular weight is 381 g/mol. The minimum Gasteiger partial charge on any atom is -0.486 e. The van der Waals surface area contributed by atoms with Crippen molar-refractivity contribution in [3.05, 3.63) is 18.2 Å². The molecule has 0 aromatic heterocycles. The van der Waals surface area contributed by atoms with Gasteiger partial charge < -0.3 is 19.7 Å². The van der Waals surface area contributed by atoms with Crippen molar-refractivity contribution in [1.82, 2.24) is 14.5 Å². The van der Waals surface area contributed by atoms with E-state index in [2.05, 4.69) is 5.32 Å². The first-order valence-electron chi connectivity index (χ1n) is 8.95. The molecule has 8 nitrogen and oxygen atoms in total. The molecule has 26 heavy (non-hydrogen) atoms. The Bertz CT molecular complexity index is 794. The molecule has 4 rings (SSSR count). The molecular weight excluding hydrogens is 358 g/mol. The van der Waals surface area contributed by atoms with E-state index in [4.69, 9.17) is 9.47 Å². The number of hydrogen-bond acceptors (Lipinski definition) is 6. The number of fused-ring (bicyclic) bond motifs is 1. The molecule has 0 radical (unpaired) electrons. The fourth-order valence-electron chi connectivity index (χ4n) is 3.41. The number of ether oxygens (including phenoxy) is 2. The van der Waals surface area contributed by atoms with Gasteiger partial charge in [0.15, 0.2) is 11.5 Å². The zero-order valence-electron chi connectivity index (χ0n) is 14.5. The van der Waals surface area contributed by atoms with Crippen LogP contribution in [0.1, 0.15) is 6.42 Å². The lowest BCUT2D eigenvalue weighted by atomic mass is 10.0. The van der Waals surface area contributed by atoms with Crippen LogP contribution in [-0.4, -0.2) is 76.0 Å². The van der Waals surface area contributed by atoms with Gasteiger partial charge in [-0.05, 0) is 18.6 Å². The molecule has 0 saturated carbocycles. The standard InChI is InChI=1S/C17H23N3O5S/c21-17(13-11-18-12-13)19-4-1-5-20(7-6-19)26(22,23)14-2-3-15-16(10-14)25-9-8-24-15/h2-3,10,13,18H,1,4-9,11-12H2. The van der Waals surface area contributed by atoms with E-state index in [-0.39, 0.29) is 16.7 Å². The monoisotopic (exact) mass is 381 g/mol. The third kappa shape index (κ3) is 3.26. The van der Waals surface area contributed by atoms with Crippen molar-refractivity contribution in [2.24, 2.45) is 5.92 Å². The summed E-state index contributed by atoms with van der Waals surface area (Å²) in [6.07, 6.45) is 0.635. The van der Waals surface area contributed by atoms with Crippen molar-refractivity contribution in [3.63, 3.8) is 0 Å². The maximum Gasteiger partial charge on any atom is 0.243 e. The van der Waals surface area contributed by atoms with Crippen molar-refractivity contribution in [1.29, 1.82) is 0 Å². The molecule has 0 bridgehead atoms. The number of sulfonamides is 1. The largest absolute Gasteiger partial charge is 0.486 e. The van der Waals surface area contributed by atoms with E-state index in [1.54, 1.807) is 17.0 Å². The molecule has 142 valence electrons. The molecule has 3 aliphatic rings. The Hall–Kier alpha value is -1.84. The lowest BCUT2D eigenvalue weighted by Crippen LogP contribution is -2.52. The van der Waals surface area contributed by atoms with Gasteiger partial charge in [0.1, 0.15) is 13.2 Å². The zero-order chi connectivity index (χ0) is 18.1. The van der Waals surface area contributed by atoms with Gasteiger partial charge in [0, 0.05) is 45.3 Å². The summed E-state index contributed by atoms with van der Waals surface area (Å²) in [6.45, 7) is 4.05. The first kappa shape index (κ1) is 17.6. The lowest BCUT2D eigenvalue weighted by Gasteiger charge is -2.31. The number of carbonyl (C=O) groups is 1. The summed E-state index contributed by atoms with van der Waals surface area (Å²) >= 11 is 0. The first-order chi connectivity index (χ1) is 12.6. The zero-order valence-corrected chi connectivity index (χ0v) is 15.3. The van der Waals surface area contributed by atoms with Gasteiger partial charge in [-0.15, -0.1) is 0 Å². The normalized spacial score (nSPS) is 21.8. The fourth-order valence-corrected chi connectivity index (χ4v) is 4.89. The van der Waals surface area contributed by atoms with Crippen LogP contribution < -0.4 is 14.8 Å². The van der Waals surface area contributed by atoms with Crippen LogP contribution in [0.2, 0.25) is 0 Å². The molecule has 1 amide bonds. The van der Waals surface area contributed by atoms with Crippen LogP contribution in [0, 0.1) is 5.92 Å². The van der Waals surface area contributed by atoms with Crippen molar-refractivity contribution in [2.45, 2.75) is 11.3 Å². The number of amides is 1. The number of benzene rings is 1. The van der Waals surface area contributed by atoms with Crippen molar-refractivity contribution < 1.29 is 22.7 Å². The van der Waals surface area contributed by atoms with Crippen molar-refractivity contribution in [3.8, 4) is 11.5 Å². The van der Waals surface area contributed by atoms with Crippen LogP contribution in [-0.2, 0) is 14.8 Å². The lowest BCUT2D eigenvalue weighted by molar-refractivity contribution is -0.136. The quantitative estimate of drug-likeness (QED) is 0.787. The van der Waals surface area contributed by atoms with E-state index in [0.717, 1.165) is 0 Å². The predicted octanol–water partition coefficient (Wildman–Crippen LogP) is -0.0998. The Balaban J connectivity index is 1.48. The van der Waals surface area contributed by atoms with Crippen LogP contribution >= 0.6 is 0 Å². The van der Waals surface area contributed by atoms with Crippen molar-refractivity contribution in [2.75, 3.05) is 52.5 Å². The molecule has 2 saturated heterocycles. The Labute approximate surface area is 153 Å². The van der Waals surface area contributed by atoms with Gasteiger partial charge in [-0.1, -0.05) is 0 Å². The van der Waals surface area contributed by atoms with Gasteiger partial charge in [0.2, 0.25) is 15.9 Å². The second-order valence-electron chi connectivity index (χ2n) is 6.74. The summed E-state index contributed by atoms with van der Waals surface area (Å²) in [5.41, 5.74) is 0. The second-order valence-corrected chi connectivity index (χ2v) is 8.68. The highest BCUT2D eigenvalue weighted by Gasteiger charge is 2.33. The SMILES string of the molecule is O=C(C1CNC1)N1CCCN(S(=O)(=O)c2ccc3c(c2)OCCO3)CC1. The molecule has 9 heteroatoms. The Kier molecular flexibility index (Phi) is 4.76. The summed E-state index contributed by atoms with van der Waals surface area (Å²) < 4.78 is 38.5. The molecule has 3 aliphatic heterocycles. The molecule has 3 heterocycles. The van der Waals surface area contributed by atoms with Gasteiger partial charge in [-0.2, -0.15) is 4.31 Å². The topological polar surface area (TPSA) is 88.2 Å². The average Bonchev–Trinajstić information content (AvgIpc) is 2.86. The number of rotatable bonds is 3. The maximum atomic E-state index is 13.0. The number of hydrogen-bond donors (Lipinski definition) is 1. The van der Waals surface area contributed by atoms with Crippen LogP contribution in [0.25, 0.3) is 0 Å². The molecule has 1 N–H and O–H groups in total. The van der Waals surface area contributed by atoms with E-state index in [1.165, 1.54) is 10.4 Å². The van der Waals surface area contributed by atoms with Gasteiger partial charge in [-0.3, -0.25) is 4.79 Å². The number of nitrogens with one attached hydrogen (secondary N) is 1. The molecule has 0 spiro atoms. The molecular formula is C17H23N3O5S. The van der Waals surface area contributed by atoms with E-state index in [1.807, 2.05) is 0 Å². The Morgan fingerprint density at radius 3 is 2.54 bits per heavy atom. The fraction of sp³-hybridized carbons (Fsp3) is 0.588. The highest BCUT2D eigenvalue weighted by Crippen LogP contribution is 2.33. The van der Waals surface area contributed by atoms with E-state index < -0.39 is 10.0 Å². The minimum atomic E-state index is -3.63. The van der Waals surface area contributed by atoms with Crippen LogP contribution in [0.3, 0.4) is 0 Å². The number of nitrogens with zero attached hydrogens (tertiary/aromatic N) is 2. The molecule has 1 aromatic rings. The molecule has 1 aromatic carbocycles. The number of carbonyl (C=O) groups excluding carboxylic acids is 1. The smallest absolute Gasteiger partial charge is 0.243 e. The van der Waals surface area contributed by atoms with Crippen LogP contribution in [0.5, 0.6) is 11.5 Å². The molecule has 0 aliphatic carbocycles. The summed E-state index contributed by atoms with van der Waals surface area (Å²) in [5.74, 6) is 1.19. The van der Waals surface area contributed by atoms with Gasteiger partial charge in [0.25, 0.3) is 0 Å². The van der Waals surface area contributed by atoms with Gasteiger partial charge in [0.05, 0.1) is 10.8 Å². The highest BCUT2D eigenvalue weighted by molar-refractivity contribution is 7.89. The van der Waals surface area contributed by atoms with Gasteiger partial charge >= 0.3 is 0 Å². The Morgan fingerprint density at radius 1 is 1.04 bits per heavy atom. The summed E-state index contributed by atoms with van der Waals surface area (Å²) in [7, 11) is -3.63. The first-order valence-corrected chi connectivity index (χ1v) is 10.4. The molecule has 0 atom stereocenters. The van der Waals surface area contributed by atoms with Crippen molar-refractivity contribution >= 4 is 15.9 Å². The predicted molar refractivity (Wildman–Crippen MR) is 93.7 cm³/mol. The summed E-state index contributed by atoms with van der Waals surface area (Å²) in [6, 6.07) is 4.72. The highest BCUT2D eigenvalue weighted by atomic mass is 32.2. The minimum absolute atomic E-state index is 0.0379. The third-order valence-corrected chi connectivity index (χ3v) is 6.94. The maximum absolute atomic E-state index is 13.0.